The maximum atomic E-state index is 2.26. The molecule has 0 aliphatic carbocycles. The van der Waals surface area contributed by atoms with E-state index < -0.39 is 0 Å². The molecule has 0 aliphatic heterocycles. The van der Waals surface area contributed by atoms with Crippen LogP contribution in [0.2, 0.25) is 0 Å². The largest absolute Gasteiger partial charge is 0.0798 e. The molecule has 0 heteroatoms. The van der Waals surface area contributed by atoms with Crippen molar-refractivity contribution < 1.29 is 0 Å². The molecule has 0 heterocycles. The summed E-state index contributed by atoms with van der Waals surface area (Å²) in [6.45, 7) is 10.4. The van der Waals surface area contributed by atoms with Crippen molar-refractivity contribution in [2.24, 2.45) is 0 Å². The van der Waals surface area contributed by atoms with Gasteiger partial charge in [-0.2, -0.15) is 0 Å². The van der Waals surface area contributed by atoms with Crippen molar-refractivity contribution in [1.82, 2.24) is 0 Å². The maximum Gasteiger partial charge on any atom is -0.0148 e. The van der Waals surface area contributed by atoms with E-state index in [1.807, 2.05) is 13.8 Å². The Morgan fingerprint density at radius 2 is 1.59 bits per heavy atom. The van der Waals surface area contributed by atoms with Crippen LogP contribution < -0.4 is 10.4 Å². The molecule has 0 bridgehead atoms. The Hall–Kier alpha value is -1.56. The highest BCUT2D eigenvalue weighted by Crippen LogP contribution is 2.12. The van der Waals surface area contributed by atoms with Gasteiger partial charge in [-0.05, 0) is 53.6 Å². The first-order chi connectivity index (χ1) is 8.27. The minimum absolute atomic E-state index is 1.33. The first kappa shape index (κ1) is 13.5. The summed E-state index contributed by atoms with van der Waals surface area (Å²) >= 11 is 0. The van der Waals surface area contributed by atoms with Crippen LogP contribution in [0.5, 0.6) is 0 Å². The standard InChI is InChI=1S/C15H16.C2H6/c1-4-12-10-13-8-6-7-9-15(13)11(3)14(12)5-2;1-2/h4-10H,1-3H3;1-2H3/b12-4-,14-5-;. The lowest BCUT2D eigenvalue weighted by molar-refractivity contribution is 1.40. The number of benzene rings is 2. The molecule has 0 fully saturated rings. The van der Waals surface area contributed by atoms with Gasteiger partial charge in [0.15, 0.2) is 0 Å². The Labute approximate surface area is 104 Å². The van der Waals surface area contributed by atoms with E-state index in [9.17, 15) is 0 Å². The fourth-order valence-corrected chi connectivity index (χ4v) is 2.19. The third-order valence-electron chi connectivity index (χ3n) is 2.99. The minimum atomic E-state index is 1.33. The predicted molar refractivity (Wildman–Crippen MR) is 79.6 cm³/mol. The molecule has 2 rings (SSSR count). The molecule has 0 saturated carbocycles. The second-order valence-corrected chi connectivity index (χ2v) is 3.80. The third kappa shape index (κ3) is 2.58. The van der Waals surface area contributed by atoms with Crippen LogP contribution in [0.3, 0.4) is 0 Å². The second kappa shape index (κ2) is 6.24. The van der Waals surface area contributed by atoms with Crippen LogP contribution >= 0.6 is 0 Å². The van der Waals surface area contributed by atoms with E-state index in [0.717, 1.165) is 0 Å². The number of hydrogen-bond donors (Lipinski definition) is 0. The van der Waals surface area contributed by atoms with E-state index >= 15 is 0 Å². The summed E-state index contributed by atoms with van der Waals surface area (Å²) in [6, 6.07) is 10.8. The fraction of sp³-hybridized carbons (Fsp3) is 0.294. The number of fused-ring (bicyclic) bond motifs is 1. The Morgan fingerprint density at radius 3 is 2.18 bits per heavy atom. The van der Waals surface area contributed by atoms with Gasteiger partial charge in [0.25, 0.3) is 0 Å². The van der Waals surface area contributed by atoms with E-state index in [2.05, 4.69) is 63.3 Å². The van der Waals surface area contributed by atoms with Crippen molar-refractivity contribution in [3.05, 3.63) is 46.3 Å². The molecular weight excluding hydrogens is 204 g/mol. The van der Waals surface area contributed by atoms with Gasteiger partial charge in [0.2, 0.25) is 0 Å². The normalized spacial score (nSPS) is 12.5. The quantitative estimate of drug-likeness (QED) is 0.641. The zero-order chi connectivity index (χ0) is 12.8. The zero-order valence-electron chi connectivity index (χ0n) is 11.5. The van der Waals surface area contributed by atoms with Crippen molar-refractivity contribution in [1.29, 1.82) is 0 Å². The molecule has 0 atom stereocenters. The van der Waals surface area contributed by atoms with Gasteiger partial charge >= 0.3 is 0 Å². The Morgan fingerprint density at radius 1 is 0.941 bits per heavy atom. The van der Waals surface area contributed by atoms with Crippen LogP contribution in [-0.2, 0) is 0 Å². The maximum absolute atomic E-state index is 2.26. The Bertz CT molecular complexity index is 604. The Balaban J connectivity index is 0.000000686. The second-order valence-electron chi connectivity index (χ2n) is 3.80. The summed E-state index contributed by atoms with van der Waals surface area (Å²) in [6.07, 6.45) is 4.37. The highest BCUT2D eigenvalue weighted by molar-refractivity contribution is 5.86. The molecule has 0 amide bonds. The first-order valence-corrected chi connectivity index (χ1v) is 6.39. The molecule has 2 aromatic rings. The number of hydrogen-bond acceptors (Lipinski definition) is 0. The summed E-state index contributed by atoms with van der Waals surface area (Å²) in [4.78, 5) is 0. The summed E-state index contributed by atoms with van der Waals surface area (Å²) in [5, 5.41) is 5.37. The first-order valence-electron chi connectivity index (χ1n) is 6.39. The van der Waals surface area contributed by atoms with Gasteiger partial charge in [-0.15, -0.1) is 0 Å². The molecule has 90 valence electrons. The fourth-order valence-electron chi connectivity index (χ4n) is 2.19. The monoisotopic (exact) mass is 226 g/mol. The molecular formula is C17H22. The summed E-state index contributed by atoms with van der Waals surface area (Å²) in [7, 11) is 0. The lowest BCUT2D eigenvalue weighted by Gasteiger charge is -2.03. The van der Waals surface area contributed by atoms with Crippen molar-refractivity contribution in [2.75, 3.05) is 0 Å². The minimum Gasteiger partial charge on any atom is -0.0798 e. The number of rotatable bonds is 0. The van der Waals surface area contributed by atoms with E-state index in [4.69, 9.17) is 0 Å². The molecule has 0 nitrogen and oxygen atoms in total. The molecule has 0 spiro atoms. The average molecular weight is 226 g/mol. The van der Waals surface area contributed by atoms with Gasteiger partial charge in [-0.25, -0.2) is 0 Å². The summed E-state index contributed by atoms with van der Waals surface area (Å²) in [5.41, 5.74) is 1.38. The molecule has 0 unspecified atom stereocenters. The lowest BCUT2D eigenvalue weighted by Crippen LogP contribution is -2.26. The molecule has 0 saturated heterocycles. The van der Waals surface area contributed by atoms with Crippen LogP contribution in [0, 0.1) is 6.92 Å². The van der Waals surface area contributed by atoms with Gasteiger partial charge in [-0.3, -0.25) is 0 Å². The molecule has 0 aromatic heterocycles. The SMILES string of the molecule is C/C=c1/cc2ccccc2c(C)/c1=C/C.CC. The van der Waals surface area contributed by atoms with Crippen LogP contribution in [0.15, 0.2) is 30.3 Å². The van der Waals surface area contributed by atoms with E-state index in [1.165, 1.54) is 26.8 Å². The topological polar surface area (TPSA) is 0 Å². The molecule has 0 radical (unpaired) electrons. The third-order valence-corrected chi connectivity index (χ3v) is 2.99. The zero-order valence-corrected chi connectivity index (χ0v) is 11.5. The smallest absolute Gasteiger partial charge is 0.0148 e. The van der Waals surface area contributed by atoms with Gasteiger partial charge in [-0.1, -0.05) is 50.3 Å². The van der Waals surface area contributed by atoms with Gasteiger partial charge in [0.05, 0.1) is 0 Å². The summed E-state index contributed by atoms with van der Waals surface area (Å²) in [5.74, 6) is 0. The van der Waals surface area contributed by atoms with E-state index in [0.29, 0.717) is 0 Å². The van der Waals surface area contributed by atoms with E-state index in [-0.39, 0.29) is 0 Å². The summed E-state index contributed by atoms with van der Waals surface area (Å²) < 4.78 is 0. The molecule has 0 aliphatic rings. The van der Waals surface area contributed by atoms with Crippen molar-refractivity contribution in [3.63, 3.8) is 0 Å². The molecule has 0 N–H and O–H groups in total. The number of aryl methyl sites for hydroxylation is 1. The lowest BCUT2D eigenvalue weighted by atomic mass is 10.0. The van der Waals surface area contributed by atoms with Gasteiger partial charge in [0, 0.05) is 0 Å². The molecule has 17 heavy (non-hydrogen) atoms. The highest BCUT2D eigenvalue weighted by Gasteiger charge is 1.98. The van der Waals surface area contributed by atoms with Crippen LogP contribution in [-0.4, -0.2) is 0 Å². The van der Waals surface area contributed by atoms with Crippen molar-refractivity contribution in [2.45, 2.75) is 34.6 Å². The van der Waals surface area contributed by atoms with Crippen LogP contribution in [0.25, 0.3) is 22.9 Å². The van der Waals surface area contributed by atoms with Crippen molar-refractivity contribution >= 4 is 22.9 Å². The van der Waals surface area contributed by atoms with Crippen molar-refractivity contribution in [3.8, 4) is 0 Å². The highest BCUT2D eigenvalue weighted by atomic mass is 14.0. The van der Waals surface area contributed by atoms with Crippen LogP contribution in [0.1, 0.15) is 33.3 Å². The predicted octanol–water partition coefficient (Wildman–Crippen LogP) is 3.78. The van der Waals surface area contributed by atoms with Crippen LogP contribution in [0.4, 0.5) is 0 Å². The van der Waals surface area contributed by atoms with E-state index in [1.54, 1.807) is 0 Å². The average Bonchev–Trinajstić information content (AvgIpc) is 2.41. The van der Waals surface area contributed by atoms with Gasteiger partial charge in [0.1, 0.15) is 0 Å². The molecule has 2 aromatic carbocycles. The Kier molecular flexibility index (Phi) is 4.96. The van der Waals surface area contributed by atoms with Gasteiger partial charge < -0.3 is 0 Å².